The van der Waals surface area contributed by atoms with Gasteiger partial charge in [0.05, 0.1) is 22.2 Å². The van der Waals surface area contributed by atoms with Crippen LogP contribution in [0.5, 0.6) is 0 Å². The van der Waals surface area contributed by atoms with Crippen molar-refractivity contribution >= 4 is 34.3 Å². The number of carbonyl (C=O) groups is 1. The Balaban J connectivity index is 1.41. The van der Waals surface area contributed by atoms with Crippen LogP contribution in [0.1, 0.15) is 5.56 Å². The maximum Gasteiger partial charge on any atom is 0.413 e. The number of hydrogen-bond donors (Lipinski definition) is 3. The van der Waals surface area contributed by atoms with E-state index >= 15 is 0 Å². The molecular formula is C21H17N7O2. The number of anilines is 2. The summed E-state index contributed by atoms with van der Waals surface area (Å²) in [5, 5.41) is 9.51. The first-order valence-electron chi connectivity index (χ1n) is 9.22. The number of H-pyrrole nitrogens is 1. The number of nitrogens with one attached hydrogen (secondary N) is 2. The lowest BCUT2D eigenvalue weighted by molar-refractivity contribution is 0.155. The number of rotatable bonds is 4. The van der Waals surface area contributed by atoms with Crippen LogP contribution in [0.15, 0.2) is 67.1 Å². The summed E-state index contributed by atoms with van der Waals surface area (Å²) in [5.41, 5.74) is 11.2. The third-order valence-corrected chi connectivity index (χ3v) is 4.69. The summed E-state index contributed by atoms with van der Waals surface area (Å²) in [5.74, 6) is 0.825. The second-order valence-electron chi connectivity index (χ2n) is 6.69. The molecule has 0 aliphatic heterocycles. The zero-order valence-electron chi connectivity index (χ0n) is 15.7. The molecule has 0 radical (unpaired) electrons. The van der Waals surface area contributed by atoms with E-state index in [1.54, 1.807) is 30.6 Å². The summed E-state index contributed by atoms with van der Waals surface area (Å²) < 4.78 is 7.25. The first kappa shape index (κ1) is 17.7. The van der Waals surface area contributed by atoms with Crippen LogP contribution < -0.4 is 11.1 Å². The first-order chi connectivity index (χ1) is 14.7. The number of ether oxygens (including phenoxy) is 1. The fourth-order valence-corrected chi connectivity index (χ4v) is 3.31. The summed E-state index contributed by atoms with van der Waals surface area (Å²) in [6.07, 6.45) is 4.60. The second kappa shape index (κ2) is 7.21. The number of pyridine rings is 1. The zero-order chi connectivity index (χ0) is 20.5. The smallest absolute Gasteiger partial charge is 0.413 e. The number of nitrogen functional groups attached to an aromatic ring is 1. The molecule has 0 bridgehead atoms. The summed E-state index contributed by atoms with van der Waals surface area (Å²) in [6, 6.07) is 14.9. The molecule has 30 heavy (non-hydrogen) atoms. The van der Waals surface area contributed by atoms with Crippen molar-refractivity contribution in [3.8, 4) is 11.3 Å². The molecule has 1 aromatic carbocycles. The largest absolute Gasteiger partial charge is 0.444 e. The van der Waals surface area contributed by atoms with Gasteiger partial charge in [0.2, 0.25) is 0 Å². The standard InChI is InChI=1S/C21H17N7O2/c22-20-18-9-13(12-30-21(29)26-19-3-1-2-7-23-19)11-28(18)17-5-4-14(10-16(17)25-20)15-6-8-24-27-15/h1-11H,12H2,(H2,22,25)(H,24,27)(H,23,26,29). The summed E-state index contributed by atoms with van der Waals surface area (Å²) >= 11 is 0. The highest BCUT2D eigenvalue weighted by Gasteiger charge is 2.12. The predicted molar refractivity (Wildman–Crippen MR) is 113 cm³/mol. The summed E-state index contributed by atoms with van der Waals surface area (Å²) in [4.78, 5) is 20.6. The molecule has 9 nitrogen and oxygen atoms in total. The van der Waals surface area contributed by atoms with Crippen LogP contribution in [-0.2, 0) is 11.3 Å². The SMILES string of the molecule is Nc1nc2cc(-c3ccn[nH]3)ccc2n2cc(COC(=O)Nc3ccccn3)cc12. The number of fused-ring (bicyclic) bond motifs is 3. The Morgan fingerprint density at radius 3 is 2.87 bits per heavy atom. The van der Waals surface area contributed by atoms with E-state index in [-0.39, 0.29) is 6.61 Å². The van der Waals surface area contributed by atoms with Crippen molar-refractivity contribution in [3.63, 3.8) is 0 Å². The topological polar surface area (TPSA) is 123 Å². The van der Waals surface area contributed by atoms with Gasteiger partial charge in [0, 0.05) is 29.7 Å². The number of nitrogens with two attached hydrogens (primary N) is 1. The van der Waals surface area contributed by atoms with Gasteiger partial charge in [-0.3, -0.25) is 10.4 Å². The predicted octanol–water partition coefficient (Wildman–Crippen LogP) is 3.60. The monoisotopic (exact) mass is 399 g/mol. The molecule has 1 amide bonds. The minimum atomic E-state index is -0.580. The maximum atomic E-state index is 12.0. The van der Waals surface area contributed by atoms with E-state index in [2.05, 4.69) is 25.5 Å². The number of hydrogen-bond acceptors (Lipinski definition) is 6. The second-order valence-corrected chi connectivity index (χ2v) is 6.69. The minimum Gasteiger partial charge on any atom is -0.444 e. The average Bonchev–Trinajstić information content (AvgIpc) is 3.43. The number of nitrogens with zero attached hydrogens (tertiary/aromatic N) is 4. The van der Waals surface area contributed by atoms with Crippen LogP contribution >= 0.6 is 0 Å². The Hall–Kier alpha value is -4.40. The van der Waals surface area contributed by atoms with Gasteiger partial charge in [0.1, 0.15) is 18.2 Å². The van der Waals surface area contributed by atoms with Crippen LogP contribution in [0, 0.1) is 0 Å². The van der Waals surface area contributed by atoms with Gasteiger partial charge in [-0.05, 0) is 36.4 Å². The molecule has 0 fully saturated rings. The van der Waals surface area contributed by atoms with Crippen LogP contribution in [0.2, 0.25) is 0 Å². The van der Waals surface area contributed by atoms with Gasteiger partial charge in [-0.25, -0.2) is 14.8 Å². The molecule has 148 valence electrons. The van der Waals surface area contributed by atoms with Gasteiger partial charge < -0.3 is 14.9 Å². The third kappa shape index (κ3) is 3.28. The number of amides is 1. The molecule has 0 atom stereocenters. The van der Waals surface area contributed by atoms with E-state index in [0.29, 0.717) is 11.6 Å². The molecule has 4 heterocycles. The van der Waals surface area contributed by atoms with E-state index in [9.17, 15) is 4.79 Å². The molecule has 0 spiro atoms. The van der Waals surface area contributed by atoms with Crippen LogP contribution in [0.3, 0.4) is 0 Å². The molecule has 4 aromatic heterocycles. The molecule has 5 aromatic rings. The van der Waals surface area contributed by atoms with Gasteiger partial charge >= 0.3 is 6.09 Å². The lowest BCUT2D eigenvalue weighted by Gasteiger charge is -2.06. The van der Waals surface area contributed by atoms with Gasteiger partial charge in [0.15, 0.2) is 0 Å². The highest BCUT2D eigenvalue weighted by atomic mass is 16.5. The maximum absolute atomic E-state index is 12.0. The molecule has 4 N–H and O–H groups in total. The van der Waals surface area contributed by atoms with E-state index in [1.807, 2.05) is 40.9 Å². The third-order valence-electron chi connectivity index (χ3n) is 4.69. The Morgan fingerprint density at radius 2 is 2.07 bits per heavy atom. The van der Waals surface area contributed by atoms with Crippen LogP contribution in [-0.4, -0.2) is 30.7 Å². The number of carbonyl (C=O) groups excluding carboxylic acids is 1. The molecule has 0 unspecified atom stereocenters. The molecule has 0 aliphatic carbocycles. The fourth-order valence-electron chi connectivity index (χ4n) is 3.31. The van der Waals surface area contributed by atoms with Crippen LogP contribution in [0.25, 0.3) is 27.8 Å². The van der Waals surface area contributed by atoms with Crippen molar-refractivity contribution in [1.29, 1.82) is 0 Å². The van der Waals surface area contributed by atoms with Crippen molar-refractivity contribution in [2.45, 2.75) is 6.61 Å². The summed E-state index contributed by atoms with van der Waals surface area (Å²) in [7, 11) is 0. The highest BCUT2D eigenvalue weighted by Crippen LogP contribution is 2.26. The summed E-state index contributed by atoms with van der Waals surface area (Å²) in [6.45, 7) is 0.0908. The lowest BCUT2D eigenvalue weighted by Crippen LogP contribution is -2.14. The Morgan fingerprint density at radius 1 is 1.13 bits per heavy atom. The lowest BCUT2D eigenvalue weighted by atomic mass is 10.1. The number of benzene rings is 1. The molecular weight excluding hydrogens is 382 g/mol. The molecule has 5 rings (SSSR count). The zero-order valence-corrected chi connectivity index (χ0v) is 15.7. The van der Waals surface area contributed by atoms with Crippen molar-refractivity contribution in [3.05, 3.63) is 72.7 Å². The van der Waals surface area contributed by atoms with Gasteiger partial charge in [-0.1, -0.05) is 12.1 Å². The van der Waals surface area contributed by atoms with Crippen LogP contribution in [0.4, 0.5) is 16.4 Å². The minimum absolute atomic E-state index is 0.0908. The number of aromatic amines is 1. The normalized spacial score (nSPS) is 11.1. The Bertz CT molecular complexity index is 1340. The van der Waals surface area contributed by atoms with E-state index < -0.39 is 6.09 Å². The van der Waals surface area contributed by atoms with E-state index in [4.69, 9.17) is 10.5 Å². The molecule has 0 saturated heterocycles. The van der Waals surface area contributed by atoms with Crippen molar-refractivity contribution < 1.29 is 9.53 Å². The average molecular weight is 399 g/mol. The number of aromatic nitrogens is 5. The molecule has 0 saturated carbocycles. The van der Waals surface area contributed by atoms with E-state index in [0.717, 1.165) is 33.4 Å². The van der Waals surface area contributed by atoms with Gasteiger partial charge in [0.25, 0.3) is 0 Å². The highest BCUT2D eigenvalue weighted by molar-refractivity contribution is 5.87. The van der Waals surface area contributed by atoms with Gasteiger partial charge in [-0.2, -0.15) is 5.10 Å². The first-order valence-corrected chi connectivity index (χ1v) is 9.22. The fraction of sp³-hybridized carbons (Fsp3) is 0.0476. The quantitative estimate of drug-likeness (QED) is 0.424. The Labute approximate surface area is 170 Å². The van der Waals surface area contributed by atoms with E-state index in [1.165, 1.54) is 0 Å². The Kier molecular flexibility index (Phi) is 4.25. The van der Waals surface area contributed by atoms with Crippen molar-refractivity contribution in [2.75, 3.05) is 11.1 Å². The van der Waals surface area contributed by atoms with Crippen molar-refractivity contribution in [1.82, 2.24) is 24.6 Å². The molecule has 0 aliphatic rings. The van der Waals surface area contributed by atoms with Gasteiger partial charge in [-0.15, -0.1) is 0 Å². The van der Waals surface area contributed by atoms with Crippen molar-refractivity contribution in [2.24, 2.45) is 0 Å². The molecule has 9 heteroatoms.